The van der Waals surface area contributed by atoms with Crippen molar-refractivity contribution in [2.24, 2.45) is 0 Å². The van der Waals surface area contributed by atoms with E-state index in [1.165, 1.54) is 0 Å². The Morgan fingerprint density at radius 2 is 2.09 bits per heavy atom. The molecular weight excluding hydrogens is 304 g/mol. The number of hydrogen-bond donors (Lipinski definition) is 1. The largest absolute Gasteiger partial charge is 0.376 e. The molecule has 1 aromatic carbocycles. The van der Waals surface area contributed by atoms with Crippen LogP contribution < -0.4 is 9.62 Å². The molecule has 0 aliphatic carbocycles. The Kier molecular flexibility index (Phi) is 5.42. The van der Waals surface area contributed by atoms with E-state index in [2.05, 4.69) is 5.32 Å². The number of para-hydroxylation sites is 1. The van der Waals surface area contributed by atoms with Crippen molar-refractivity contribution in [2.45, 2.75) is 31.9 Å². The minimum Gasteiger partial charge on any atom is -0.376 e. The van der Waals surface area contributed by atoms with Crippen molar-refractivity contribution in [3.63, 3.8) is 0 Å². The SMILES string of the molecule is C[C@@H](C(=O)NC[C@@H]1CCCO1)N(c1ccccc1)S(C)(=O)=O. The van der Waals surface area contributed by atoms with Gasteiger partial charge in [-0.05, 0) is 31.9 Å². The second-order valence-corrected chi connectivity index (χ2v) is 7.31. The second kappa shape index (κ2) is 7.11. The molecule has 1 aliphatic heterocycles. The smallest absolute Gasteiger partial charge is 0.243 e. The van der Waals surface area contributed by atoms with Crippen LogP contribution in [0.5, 0.6) is 0 Å². The van der Waals surface area contributed by atoms with E-state index in [0.717, 1.165) is 30.0 Å². The summed E-state index contributed by atoms with van der Waals surface area (Å²) < 4.78 is 30.7. The van der Waals surface area contributed by atoms with E-state index in [0.29, 0.717) is 12.2 Å². The van der Waals surface area contributed by atoms with Gasteiger partial charge in [-0.25, -0.2) is 8.42 Å². The summed E-state index contributed by atoms with van der Waals surface area (Å²) in [6.45, 7) is 2.71. The first-order valence-electron chi connectivity index (χ1n) is 7.33. The molecule has 1 amide bonds. The number of nitrogens with one attached hydrogen (secondary N) is 1. The molecule has 6 nitrogen and oxygen atoms in total. The van der Waals surface area contributed by atoms with Crippen molar-refractivity contribution >= 4 is 21.6 Å². The van der Waals surface area contributed by atoms with Gasteiger partial charge in [0, 0.05) is 13.2 Å². The Balaban J connectivity index is 2.08. The van der Waals surface area contributed by atoms with Gasteiger partial charge in [0.1, 0.15) is 6.04 Å². The highest BCUT2D eigenvalue weighted by Crippen LogP contribution is 2.20. The molecule has 0 radical (unpaired) electrons. The fraction of sp³-hybridized carbons (Fsp3) is 0.533. The quantitative estimate of drug-likeness (QED) is 0.850. The first kappa shape index (κ1) is 16.8. The fourth-order valence-corrected chi connectivity index (χ4v) is 3.73. The summed E-state index contributed by atoms with van der Waals surface area (Å²) >= 11 is 0. The molecule has 2 rings (SSSR count). The molecule has 1 N–H and O–H groups in total. The molecule has 0 unspecified atom stereocenters. The lowest BCUT2D eigenvalue weighted by Gasteiger charge is -2.28. The van der Waals surface area contributed by atoms with Gasteiger partial charge in [-0.3, -0.25) is 9.10 Å². The topological polar surface area (TPSA) is 75.7 Å². The number of anilines is 1. The van der Waals surface area contributed by atoms with Crippen LogP contribution in [0.2, 0.25) is 0 Å². The zero-order chi connectivity index (χ0) is 16.2. The molecule has 0 spiro atoms. The first-order chi connectivity index (χ1) is 10.4. The Hall–Kier alpha value is -1.60. The van der Waals surface area contributed by atoms with Crippen LogP contribution in [0.25, 0.3) is 0 Å². The molecule has 122 valence electrons. The molecule has 0 bridgehead atoms. The van der Waals surface area contributed by atoms with E-state index in [9.17, 15) is 13.2 Å². The van der Waals surface area contributed by atoms with E-state index in [1.807, 2.05) is 0 Å². The standard InChI is InChI=1S/C15H22N2O4S/c1-12(15(18)16-11-14-9-6-10-21-14)17(22(2,19)20)13-7-4-3-5-8-13/h3-5,7-8,12,14H,6,9-11H2,1-2H3,(H,16,18)/t12-,14-/m0/s1. The van der Waals surface area contributed by atoms with Crippen molar-refractivity contribution in [3.8, 4) is 0 Å². The summed E-state index contributed by atoms with van der Waals surface area (Å²) in [5, 5.41) is 2.78. The van der Waals surface area contributed by atoms with Gasteiger partial charge in [-0.1, -0.05) is 18.2 Å². The highest BCUT2D eigenvalue weighted by molar-refractivity contribution is 7.92. The van der Waals surface area contributed by atoms with Gasteiger partial charge in [0.05, 0.1) is 18.0 Å². The number of ether oxygens (including phenoxy) is 1. The number of benzene rings is 1. The molecule has 22 heavy (non-hydrogen) atoms. The molecule has 0 aromatic heterocycles. The maximum Gasteiger partial charge on any atom is 0.243 e. The van der Waals surface area contributed by atoms with Gasteiger partial charge in [0.15, 0.2) is 0 Å². The highest BCUT2D eigenvalue weighted by atomic mass is 32.2. The van der Waals surface area contributed by atoms with E-state index >= 15 is 0 Å². The predicted molar refractivity (Wildman–Crippen MR) is 85.2 cm³/mol. The lowest BCUT2D eigenvalue weighted by atomic mass is 10.2. The minimum atomic E-state index is -3.56. The number of carbonyl (C=O) groups is 1. The Labute approximate surface area is 131 Å². The van der Waals surface area contributed by atoms with Crippen molar-refractivity contribution in [1.29, 1.82) is 0 Å². The summed E-state index contributed by atoms with van der Waals surface area (Å²) in [4.78, 5) is 12.3. The van der Waals surface area contributed by atoms with E-state index in [-0.39, 0.29) is 12.0 Å². The van der Waals surface area contributed by atoms with E-state index in [1.54, 1.807) is 37.3 Å². The molecule has 1 fully saturated rings. The molecule has 7 heteroatoms. The third-order valence-electron chi connectivity index (χ3n) is 3.63. The number of nitrogens with zero attached hydrogens (tertiary/aromatic N) is 1. The molecule has 0 saturated carbocycles. The summed E-state index contributed by atoms with van der Waals surface area (Å²) in [7, 11) is -3.56. The molecular formula is C15H22N2O4S. The normalized spacial score (nSPS) is 19.6. The Morgan fingerprint density at radius 1 is 1.41 bits per heavy atom. The van der Waals surface area contributed by atoms with Crippen LogP contribution in [0, 0.1) is 0 Å². The van der Waals surface area contributed by atoms with E-state index < -0.39 is 16.1 Å². The zero-order valence-electron chi connectivity index (χ0n) is 12.9. The van der Waals surface area contributed by atoms with Gasteiger partial charge < -0.3 is 10.1 Å². The summed E-state index contributed by atoms with van der Waals surface area (Å²) in [6, 6.07) is 7.80. The fourth-order valence-electron chi connectivity index (χ4n) is 2.55. The molecule has 1 saturated heterocycles. The van der Waals surface area contributed by atoms with Gasteiger partial charge in [-0.2, -0.15) is 0 Å². The zero-order valence-corrected chi connectivity index (χ0v) is 13.7. The summed E-state index contributed by atoms with van der Waals surface area (Å²) in [6.07, 6.45) is 3.04. The monoisotopic (exact) mass is 326 g/mol. The van der Waals surface area contributed by atoms with Crippen molar-refractivity contribution < 1.29 is 17.9 Å². The summed E-state index contributed by atoms with van der Waals surface area (Å²) in [5.74, 6) is -0.329. The van der Waals surface area contributed by atoms with Crippen LogP contribution in [0.1, 0.15) is 19.8 Å². The molecule has 1 heterocycles. The Morgan fingerprint density at radius 3 is 2.64 bits per heavy atom. The van der Waals surface area contributed by atoms with Crippen LogP contribution >= 0.6 is 0 Å². The van der Waals surface area contributed by atoms with Gasteiger partial charge >= 0.3 is 0 Å². The molecule has 2 atom stereocenters. The van der Waals surface area contributed by atoms with Crippen LogP contribution in [-0.4, -0.2) is 45.9 Å². The third-order valence-corrected chi connectivity index (χ3v) is 4.87. The van der Waals surface area contributed by atoms with Crippen LogP contribution in [-0.2, 0) is 19.6 Å². The average Bonchev–Trinajstić information content (AvgIpc) is 2.97. The van der Waals surface area contributed by atoms with Crippen molar-refractivity contribution in [1.82, 2.24) is 5.32 Å². The van der Waals surface area contributed by atoms with Crippen LogP contribution in [0.3, 0.4) is 0 Å². The second-order valence-electron chi connectivity index (χ2n) is 5.45. The van der Waals surface area contributed by atoms with Crippen LogP contribution in [0.15, 0.2) is 30.3 Å². The number of rotatable bonds is 6. The number of amides is 1. The maximum absolute atomic E-state index is 12.3. The highest BCUT2D eigenvalue weighted by Gasteiger charge is 2.29. The van der Waals surface area contributed by atoms with Gasteiger partial charge in [0.2, 0.25) is 15.9 Å². The van der Waals surface area contributed by atoms with Crippen LogP contribution in [0.4, 0.5) is 5.69 Å². The van der Waals surface area contributed by atoms with E-state index in [4.69, 9.17) is 4.74 Å². The molecule has 1 aliphatic rings. The van der Waals surface area contributed by atoms with Gasteiger partial charge in [0.25, 0.3) is 0 Å². The third kappa shape index (κ3) is 4.20. The van der Waals surface area contributed by atoms with Crippen molar-refractivity contribution in [3.05, 3.63) is 30.3 Å². The lowest BCUT2D eigenvalue weighted by molar-refractivity contribution is -0.122. The van der Waals surface area contributed by atoms with Gasteiger partial charge in [-0.15, -0.1) is 0 Å². The maximum atomic E-state index is 12.3. The first-order valence-corrected chi connectivity index (χ1v) is 9.18. The average molecular weight is 326 g/mol. The molecule has 1 aromatic rings. The predicted octanol–water partition coefficient (Wildman–Crippen LogP) is 1.14. The Bertz CT molecular complexity index is 597. The lowest BCUT2D eigenvalue weighted by Crippen LogP contribution is -2.49. The summed E-state index contributed by atoms with van der Waals surface area (Å²) in [5.41, 5.74) is 0.477. The number of sulfonamides is 1. The van der Waals surface area contributed by atoms with Crippen molar-refractivity contribution in [2.75, 3.05) is 23.7 Å². The minimum absolute atomic E-state index is 0.0274. The number of hydrogen-bond acceptors (Lipinski definition) is 4. The number of carbonyl (C=O) groups excluding carboxylic acids is 1.